The number of benzene rings is 1. The molecule has 2 N–H and O–H groups in total. The zero-order chi connectivity index (χ0) is 23.5. The molecule has 1 saturated heterocycles. The van der Waals surface area contributed by atoms with Crippen molar-refractivity contribution in [3.63, 3.8) is 0 Å². The van der Waals surface area contributed by atoms with Crippen LogP contribution in [0.5, 0.6) is 5.75 Å². The Morgan fingerprint density at radius 1 is 1.22 bits per heavy atom. The van der Waals surface area contributed by atoms with Crippen LogP contribution in [-0.4, -0.2) is 74.0 Å². The zero-order valence-electron chi connectivity index (χ0n) is 18.4. The molecule has 12 heteroatoms. The van der Waals surface area contributed by atoms with E-state index in [1.165, 1.54) is 25.8 Å². The minimum Gasteiger partial charge on any atom is -0.494 e. The maximum absolute atomic E-state index is 13.3. The molecule has 0 saturated carbocycles. The number of ether oxygens (including phenoxy) is 1. The Labute approximate surface area is 186 Å². The Bertz CT molecular complexity index is 1060. The number of likely N-dealkylation sites (N-methyl/N-ethyl adjacent to an activating group) is 1. The van der Waals surface area contributed by atoms with Gasteiger partial charge >= 0.3 is 6.03 Å². The van der Waals surface area contributed by atoms with E-state index in [1.54, 1.807) is 24.3 Å². The maximum atomic E-state index is 13.3. The van der Waals surface area contributed by atoms with Crippen LogP contribution in [0.25, 0.3) is 0 Å². The van der Waals surface area contributed by atoms with E-state index < -0.39 is 28.0 Å². The maximum Gasteiger partial charge on any atom is 0.321 e. The molecule has 1 unspecified atom stereocenters. The Hall–Kier alpha value is -3.12. The van der Waals surface area contributed by atoms with Gasteiger partial charge < -0.3 is 24.8 Å². The molecule has 0 radical (unpaired) electrons. The molecule has 174 valence electrons. The minimum atomic E-state index is -4.06. The number of carbonyl (C=O) groups excluding carboxylic acids is 2. The van der Waals surface area contributed by atoms with Gasteiger partial charge in [-0.05, 0) is 45.0 Å². The van der Waals surface area contributed by atoms with Crippen molar-refractivity contribution < 1.29 is 27.3 Å². The van der Waals surface area contributed by atoms with E-state index >= 15 is 0 Å². The van der Waals surface area contributed by atoms with Crippen molar-refractivity contribution in [3.8, 4) is 5.75 Å². The predicted octanol–water partition coefficient (Wildman–Crippen LogP) is 1.34. The number of nitrogens with zero attached hydrogens (tertiary/aromatic N) is 3. The molecule has 0 spiro atoms. The van der Waals surface area contributed by atoms with Crippen LogP contribution >= 0.6 is 0 Å². The number of sulfonamides is 1. The first-order valence-electron chi connectivity index (χ1n) is 10.1. The number of carbonyl (C=O) groups is 2. The monoisotopic (exact) mass is 465 g/mol. The Kier molecular flexibility index (Phi) is 7.04. The van der Waals surface area contributed by atoms with E-state index in [1.807, 2.05) is 6.92 Å². The van der Waals surface area contributed by atoms with Gasteiger partial charge in [-0.2, -0.15) is 4.31 Å². The number of piperazine rings is 1. The van der Waals surface area contributed by atoms with Gasteiger partial charge in [0.25, 0.3) is 0 Å². The summed E-state index contributed by atoms with van der Waals surface area (Å²) in [6, 6.07) is 5.35. The third-order valence-electron chi connectivity index (χ3n) is 5.12. The highest BCUT2D eigenvalue weighted by atomic mass is 32.2. The van der Waals surface area contributed by atoms with Gasteiger partial charge in [0.2, 0.25) is 15.9 Å². The van der Waals surface area contributed by atoms with E-state index in [9.17, 15) is 18.0 Å². The third-order valence-corrected chi connectivity index (χ3v) is 7.27. The van der Waals surface area contributed by atoms with Gasteiger partial charge in [0, 0.05) is 32.4 Å². The molecule has 3 rings (SSSR count). The van der Waals surface area contributed by atoms with Gasteiger partial charge in [-0.1, -0.05) is 5.16 Å². The first kappa shape index (κ1) is 23.5. The first-order valence-corrected chi connectivity index (χ1v) is 11.6. The van der Waals surface area contributed by atoms with Crippen molar-refractivity contribution in [3.05, 3.63) is 35.7 Å². The van der Waals surface area contributed by atoms with Gasteiger partial charge in [-0.3, -0.25) is 4.79 Å². The molecule has 1 atom stereocenters. The number of aromatic nitrogens is 1. The second kappa shape index (κ2) is 9.57. The Morgan fingerprint density at radius 3 is 2.47 bits per heavy atom. The summed E-state index contributed by atoms with van der Waals surface area (Å²) in [5, 5.41) is 8.96. The van der Waals surface area contributed by atoms with Crippen molar-refractivity contribution in [2.75, 3.05) is 38.6 Å². The van der Waals surface area contributed by atoms with Crippen molar-refractivity contribution in [2.24, 2.45) is 0 Å². The molecule has 11 nitrogen and oxygen atoms in total. The second-order valence-electron chi connectivity index (χ2n) is 7.23. The highest BCUT2D eigenvalue weighted by Crippen LogP contribution is 2.27. The average molecular weight is 466 g/mol. The molecular weight excluding hydrogens is 438 g/mol. The summed E-state index contributed by atoms with van der Waals surface area (Å²) in [5.41, 5.74) is 0.773. The van der Waals surface area contributed by atoms with Crippen molar-refractivity contribution in [1.82, 2.24) is 19.7 Å². The molecule has 0 aliphatic carbocycles. The van der Waals surface area contributed by atoms with Gasteiger partial charge in [-0.25, -0.2) is 13.2 Å². The van der Waals surface area contributed by atoms with Crippen molar-refractivity contribution in [2.45, 2.75) is 31.7 Å². The number of nitrogens with one attached hydrogen (secondary N) is 2. The summed E-state index contributed by atoms with van der Waals surface area (Å²) in [6.45, 7) is 5.39. The molecule has 1 fully saturated rings. The standard InChI is InChI=1S/C20H27N5O6S/c1-5-30-16-8-6-15(7-9-16)22-20(27)24-10-11-25(17(12-24)19(26)21-4)32(28,29)18-13(2)23-31-14(18)3/h6-9,17H,5,10-12H2,1-4H3,(H,21,26)(H,22,27). The van der Waals surface area contributed by atoms with Crippen LogP contribution in [0, 0.1) is 13.8 Å². The molecule has 0 bridgehead atoms. The van der Waals surface area contributed by atoms with E-state index in [2.05, 4.69) is 15.8 Å². The summed E-state index contributed by atoms with van der Waals surface area (Å²) in [6.07, 6.45) is 0. The van der Waals surface area contributed by atoms with Crippen LogP contribution < -0.4 is 15.4 Å². The molecule has 2 heterocycles. The molecule has 1 aromatic heterocycles. The Balaban J connectivity index is 1.78. The van der Waals surface area contributed by atoms with Crippen LogP contribution in [0.1, 0.15) is 18.4 Å². The lowest BCUT2D eigenvalue weighted by Crippen LogP contribution is -2.61. The number of anilines is 1. The highest BCUT2D eigenvalue weighted by molar-refractivity contribution is 7.89. The SMILES string of the molecule is CCOc1ccc(NC(=O)N2CCN(S(=O)(=O)c3c(C)noc3C)C(C(=O)NC)C2)cc1. The van der Waals surface area contributed by atoms with E-state index in [-0.39, 0.29) is 36.0 Å². The lowest BCUT2D eigenvalue weighted by Gasteiger charge is -2.39. The van der Waals surface area contributed by atoms with Crippen LogP contribution in [0.4, 0.5) is 10.5 Å². The fourth-order valence-electron chi connectivity index (χ4n) is 3.58. The normalized spacial score (nSPS) is 17.1. The van der Waals surface area contributed by atoms with Crippen LogP contribution in [0.3, 0.4) is 0 Å². The number of urea groups is 1. The van der Waals surface area contributed by atoms with Crippen molar-refractivity contribution in [1.29, 1.82) is 0 Å². The lowest BCUT2D eigenvalue weighted by molar-refractivity contribution is -0.125. The van der Waals surface area contributed by atoms with Gasteiger partial charge in [0.05, 0.1) is 6.61 Å². The molecule has 3 amide bonds. The molecule has 1 aliphatic rings. The summed E-state index contributed by atoms with van der Waals surface area (Å²) in [7, 11) is -2.64. The second-order valence-corrected chi connectivity index (χ2v) is 9.06. The first-order chi connectivity index (χ1) is 15.2. The van der Waals surface area contributed by atoms with Crippen LogP contribution in [0.2, 0.25) is 0 Å². The van der Waals surface area contributed by atoms with E-state index in [0.717, 1.165) is 4.31 Å². The number of amides is 3. The minimum absolute atomic E-state index is 0.0544. The third kappa shape index (κ3) is 4.70. The molecule has 1 aromatic carbocycles. The smallest absolute Gasteiger partial charge is 0.321 e. The average Bonchev–Trinajstić information content (AvgIpc) is 3.12. The summed E-state index contributed by atoms with van der Waals surface area (Å²) < 4.78 is 38.1. The Morgan fingerprint density at radius 2 is 1.91 bits per heavy atom. The number of hydrogen-bond donors (Lipinski definition) is 2. The predicted molar refractivity (Wildman–Crippen MR) is 116 cm³/mol. The van der Waals surface area contributed by atoms with Gasteiger partial charge in [0.1, 0.15) is 22.4 Å². The largest absolute Gasteiger partial charge is 0.494 e. The summed E-state index contributed by atoms with van der Waals surface area (Å²) in [5.74, 6) is 0.316. The summed E-state index contributed by atoms with van der Waals surface area (Å²) >= 11 is 0. The van der Waals surface area contributed by atoms with Crippen molar-refractivity contribution >= 4 is 27.6 Å². The topological polar surface area (TPSA) is 134 Å². The number of rotatable bonds is 6. The van der Waals surface area contributed by atoms with Crippen LogP contribution in [-0.2, 0) is 14.8 Å². The zero-order valence-corrected chi connectivity index (χ0v) is 19.2. The molecular formula is C20H27N5O6S. The highest BCUT2D eigenvalue weighted by Gasteiger charge is 2.43. The fraction of sp³-hybridized carbons (Fsp3) is 0.450. The van der Waals surface area contributed by atoms with Gasteiger partial charge in [-0.15, -0.1) is 0 Å². The fourth-order valence-corrected chi connectivity index (χ4v) is 5.45. The van der Waals surface area contributed by atoms with E-state index in [4.69, 9.17) is 9.26 Å². The molecule has 1 aliphatic heterocycles. The number of aryl methyl sites for hydroxylation is 2. The molecule has 2 aromatic rings. The lowest BCUT2D eigenvalue weighted by atomic mass is 10.2. The van der Waals surface area contributed by atoms with Crippen LogP contribution in [0.15, 0.2) is 33.7 Å². The number of hydrogen-bond acceptors (Lipinski definition) is 7. The van der Waals surface area contributed by atoms with E-state index in [0.29, 0.717) is 18.0 Å². The summed E-state index contributed by atoms with van der Waals surface area (Å²) in [4.78, 5) is 26.7. The quantitative estimate of drug-likeness (QED) is 0.657. The van der Waals surface area contributed by atoms with Gasteiger partial charge in [0.15, 0.2) is 5.76 Å². The molecule has 32 heavy (non-hydrogen) atoms.